The monoisotopic (exact) mass is 255 g/mol. The highest BCUT2D eigenvalue weighted by Crippen LogP contribution is 2.18. The van der Waals surface area contributed by atoms with E-state index in [9.17, 15) is 4.79 Å². The zero-order chi connectivity index (χ0) is 13.2. The minimum Gasteiger partial charge on any atom is -0.344 e. The van der Waals surface area contributed by atoms with Gasteiger partial charge in [0.2, 0.25) is 5.91 Å². The van der Waals surface area contributed by atoms with Crippen LogP contribution in [0.5, 0.6) is 0 Å². The molecule has 0 saturated carbocycles. The van der Waals surface area contributed by atoms with Crippen LogP contribution in [0.4, 0.5) is 0 Å². The molecule has 1 aromatic carbocycles. The van der Waals surface area contributed by atoms with Crippen molar-refractivity contribution < 1.29 is 4.79 Å². The molecule has 1 unspecified atom stereocenters. The Hall–Kier alpha value is -1.94. The van der Waals surface area contributed by atoms with Gasteiger partial charge in [-0.05, 0) is 23.4 Å². The summed E-state index contributed by atoms with van der Waals surface area (Å²) in [6.07, 6.45) is 4.56. The van der Waals surface area contributed by atoms with Crippen molar-refractivity contribution in [3.8, 4) is 0 Å². The van der Waals surface area contributed by atoms with Gasteiger partial charge in [0, 0.05) is 37.9 Å². The molecule has 2 heterocycles. The summed E-state index contributed by atoms with van der Waals surface area (Å²) in [6, 6.07) is 8.17. The van der Waals surface area contributed by atoms with Gasteiger partial charge in [-0.3, -0.25) is 9.78 Å². The third-order valence-electron chi connectivity index (χ3n) is 3.74. The number of hydrogen-bond acceptors (Lipinski definition) is 3. The van der Waals surface area contributed by atoms with Gasteiger partial charge in [0.1, 0.15) is 0 Å². The van der Waals surface area contributed by atoms with Crippen LogP contribution in [-0.2, 0) is 11.3 Å². The van der Waals surface area contributed by atoms with Crippen molar-refractivity contribution in [3.63, 3.8) is 0 Å². The lowest BCUT2D eigenvalue weighted by atomic mass is 10.1. The van der Waals surface area contributed by atoms with Gasteiger partial charge in [-0.2, -0.15) is 0 Å². The largest absolute Gasteiger partial charge is 0.344 e. The molecule has 0 aliphatic carbocycles. The lowest BCUT2D eigenvalue weighted by Crippen LogP contribution is -2.36. The first kappa shape index (κ1) is 12.1. The SMILES string of the molecule is CN1CCC(NCc2cccc3cnccc23)C1=O. The number of pyridine rings is 1. The first-order valence-corrected chi connectivity index (χ1v) is 6.55. The standard InChI is InChI=1S/C15H17N3O/c1-18-8-6-14(15(18)19)17-10-12-4-2-3-11-9-16-7-5-13(11)12/h2-5,7,9,14,17H,6,8,10H2,1H3. The highest BCUT2D eigenvalue weighted by atomic mass is 16.2. The Morgan fingerprint density at radius 3 is 3.11 bits per heavy atom. The van der Waals surface area contributed by atoms with E-state index in [4.69, 9.17) is 0 Å². The Labute approximate surface area is 112 Å². The van der Waals surface area contributed by atoms with Gasteiger partial charge in [-0.15, -0.1) is 0 Å². The molecule has 3 rings (SSSR count). The summed E-state index contributed by atoms with van der Waals surface area (Å²) in [6.45, 7) is 1.56. The molecule has 0 bridgehead atoms. The Kier molecular flexibility index (Phi) is 3.17. The normalized spacial score (nSPS) is 19.3. The minimum atomic E-state index is -0.0397. The van der Waals surface area contributed by atoms with Crippen molar-refractivity contribution in [1.29, 1.82) is 0 Å². The number of hydrogen-bond donors (Lipinski definition) is 1. The number of likely N-dealkylation sites (tertiary alicyclic amines) is 1. The molecule has 1 amide bonds. The topological polar surface area (TPSA) is 45.2 Å². The van der Waals surface area contributed by atoms with Crippen LogP contribution in [0.25, 0.3) is 10.8 Å². The highest BCUT2D eigenvalue weighted by molar-refractivity contribution is 5.85. The molecule has 1 aliphatic heterocycles. The average Bonchev–Trinajstić information content (AvgIpc) is 2.76. The Balaban J connectivity index is 1.77. The number of likely N-dealkylation sites (N-methyl/N-ethyl adjacent to an activating group) is 1. The molecule has 1 aliphatic rings. The second-order valence-electron chi connectivity index (χ2n) is 5.00. The van der Waals surface area contributed by atoms with Crippen molar-refractivity contribution in [2.75, 3.05) is 13.6 Å². The van der Waals surface area contributed by atoms with Gasteiger partial charge < -0.3 is 10.2 Å². The summed E-state index contributed by atoms with van der Waals surface area (Å²) in [4.78, 5) is 17.8. The van der Waals surface area contributed by atoms with E-state index in [1.165, 1.54) is 10.9 Å². The van der Waals surface area contributed by atoms with Crippen molar-refractivity contribution in [3.05, 3.63) is 42.2 Å². The van der Waals surface area contributed by atoms with Crippen molar-refractivity contribution in [2.45, 2.75) is 19.0 Å². The van der Waals surface area contributed by atoms with Gasteiger partial charge in [0.25, 0.3) is 0 Å². The summed E-state index contributed by atoms with van der Waals surface area (Å²) >= 11 is 0. The quantitative estimate of drug-likeness (QED) is 0.905. The molecule has 1 N–H and O–H groups in total. The minimum absolute atomic E-state index is 0.0397. The molecule has 19 heavy (non-hydrogen) atoms. The summed E-state index contributed by atoms with van der Waals surface area (Å²) in [5.74, 6) is 0.196. The van der Waals surface area contributed by atoms with E-state index in [1.807, 2.05) is 25.4 Å². The Morgan fingerprint density at radius 2 is 2.32 bits per heavy atom. The van der Waals surface area contributed by atoms with E-state index < -0.39 is 0 Å². The summed E-state index contributed by atoms with van der Waals surface area (Å²) in [5.41, 5.74) is 1.21. The predicted octanol–water partition coefficient (Wildman–Crippen LogP) is 1.56. The van der Waals surface area contributed by atoms with E-state index in [-0.39, 0.29) is 11.9 Å². The maximum Gasteiger partial charge on any atom is 0.239 e. The zero-order valence-electron chi connectivity index (χ0n) is 11.0. The number of carbonyl (C=O) groups is 1. The van der Waals surface area contributed by atoms with Crippen LogP contribution in [0.2, 0.25) is 0 Å². The first-order valence-electron chi connectivity index (χ1n) is 6.55. The lowest BCUT2D eigenvalue weighted by molar-refractivity contribution is -0.128. The maximum absolute atomic E-state index is 11.8. The highest BCUT2D eigenvalue weighted by Gasteiger charge is 2.28. The molecule has 1 fully saturated rings. The number of rotatable bonds is 3. The molecule has 1 aromatic heterocycles. The molecule has 4 heteroatoms. The fourth-order valence-electron chi connectivity index (χ4n) is 2.59. The van der Waals surface area contributed by atoms with Crippen LogP contribution in [0.15, 0.2) is 36.7 Å². The molecule has 0 radical (unpaired) electrons. The Morgan fingerprint density at radius 1 is 1.42 bits per heavy atom. The molecule has 0 spiro atoms. The van der Waals surface area contributed by atoms with Crippen molar-refractivity contribution >= 4 is 16.7 Å². The second kappa shape index (κ2) is 4.97. The molecule has 1 atom stereocenters. The molecule has 2 aromatic rings. The van der Waals surface area contributed by atoms with Crippen LogP contribution in [0, 0.1) is 0 Å². The van der Waals surface area contributed by atoms with Crippen molar-refractivity contribution in [2.24, 2.45) is 0 Å². The van der Waals surface area contributed by atoms with Gasteiger partial charge in [-0.25, -0.2) is 0 Å². The van der Waals surface area contributed by atoms with Gasteiger partial charge in [0.15, 0.2) is 0 Å². The van der Waals surface area contributed by atoms with E-state index in [1.54, 1.807) is 11.1 Å². The fraction of sp³-hybridized carbons (Fsp3) is 0.333. The number of nitrogens with one attached hydrogen (secondary N) is 1. The number of benzene rings is 1. The number of fused-ring (bicyclic) bond motifs is 1. The molecule has 4 nitrogen and oxygen atoms in total. The van der Waals surface area contributed by atoms with Crippen molar-refractivity contribution in [1.82, 2.24) is 15.2 Å². The third-order valence-corrected chi connectivity index (χ3v) is 3.74. The fourth-order valence-corrected chi connectivity index (χ4v) is 2.59. The van der Waals surface area contributed by atoms with E-state index in [0.29, 0.717) is 6.54 Å². The van der Waals surface area contributed by atoms with E-state index in [2.05, 4.69) is 22.4 Å². The van der Waals surface area contributed by atoms with Crippen LogP contribution >= 0.6 is 0 Å². The number of aromatic nitrogens is 1. The zero-order valence-corrected chi connectivity index (χ0v) is 11.0. The summed E-state index contributed by atoms with van der Waals surface area (Å²) in [7, 11) is 1.85. The third kappa shape index (κ3) is 2.31. The van der Waals surface area contributed by atoms with E-state index in [0.717, 1.165) is 18.4 Å². The number of nitrogens with zero attached hydrogens (tertiary/aromatic N) is 2. The van der Waals surface area contributed by atoms with Gasteiger partial charge in [0.05, 0.1) is 6.04 Å². The predicted molar refractivity (Wildman–Crippen MR) is 74.6 cm³/mol. The molecule has 98 valence electrons. The van der Waals surface area contributed by atoms with Crippen LogP contribution < -0.4 is 5.32 Å². The van der Waals surface area contributed by atoms with Crippen LogP contribution in [-0.4, -0.2) is 35.4 Å². The summed E-state index contributed by atoms with van der Waals surface area (Å²) in [5, 5.41) is 5.69. The van der Waals surface area contributed by atoms with E-state index >= 15 is 0 Å². The molecule has 1 saturated heterocycles. The number of amides is 1. The maximum atomic E-state index is 11.8. The second-order valence-corrected chi connectivity index (χ2v) is 5.00. The number of carbonyl (C=O) groups excluding carboxylic acids is 1. The van der Waals surface area contributed by atoms with Gasteiger partial charge in [-0.1, -0.05) is 18.2 Å². The smallest absolute Gasteiger partial charge is 0.239 e. The van der Waals surface area contributed by atoms with Crippen LogP contribution in [0.3, 0.4) is 0 Å². The van der Waals surface area contributed by atoms with Crippen LogP contribution in [0.1, 0.15) is 12.0 Å². The first-order chi connectivity index (χ1) is 9.25. The Bertz CT molecular complexity index is 606. The lowest BCUT2D eigenvalue weighted by Gasteiger charge is -2.13. The van der Waals surface area contributed by atoms with Gasteiger partial charge >= 0.3 is 0 Å². The summed E-state index contributed by atoms with van der Waals surface area (Å²) < 4.78 is 0. The average molecular weight is 255 g/mol. The molecular weight excluding hydrogens is 238 g/mol. The molecular formula is C15H17N3O.